The third-order valence-corrected chi connectivity index (χ3v) is 3.24. The van der Waals surface area contributed by atoms with Crippen molar-refractivity contribution in [1.82, 2.24) is 15.1 Å². The lowest BCUT2D eigenvalue weighted by atomic mass is 10.0. The van der Waals surface area contributed by atoms with Crippen molar-refractivity contribution in [3.8, 4) is 0 Å². The van der Waals surface area contributed by atoms with Crippen LogP contribution in [0.2, 0.25) is 5.15 Å². The first-order chi connectivity index (χ1) is 9.00. The number of ether oxygens (including phenoxy) is 1. The average molecular weight is 286 g/mol. The number of carbonyl (C=O) groups is 2. The molecule has 2 heterocycles. The highest BCUT2D eigenvalue weighted by Gasteiger charge is 2.38. The molecular formula is C11H12ClN3O4. The van der Waals surface area contributed by atoms with Crippen molar-refractivity contribution in [2.45, 2.75) is 6.04 Å². The van der Waals surface area contributed by atoms with Gasteiger partial charge in [-0.05, 0) is 12.1 Å². The summed E-state index contributed by atoms with van der Waals surface area (Å²) in [6.07, 6.45) is 0. The van der Waals surface area contributed by atoms with Crippen LogP contribution in [0.15, 0.2) is 12.1 Å². The second kappa shape index (κ2) is 5.50. The Labute approximate surface area is 114 Å². The Kier molecular flexibility index (Phi) is 3.96. The molecule has 1 fully saturated rings. The molecule has 0 spiro atoms. The van der Waals surface area contributed by atoms with Gasteiger partial charge in [-0.25, -0.2) is 0 Å². The first kappa shape index (κ1) is 13.7. The van der Waals surface area contributed by atoms with E-state index in [1.54, 1.807) is 0 Å². The van der Waals surface area contributed by atoms with Gasteiger partial charge in [0.25, 0.3) is 5.91 Å². The van der Waals surface area contributed by atoms with Crippen LogP contribution < -0.4 is 0 Å². The maximum Gasteiger partial charge on any atom is 0.311 e. The van der Waals surface area contributed by atoms with Crippen LogP contribution in [0.5, 0.6) is 0 Å². The van der Waals surface area contributed by atoms with Crippen LogP contribution in [0.4, 0.5) is 0 Å². The zero-order valence-electron chi connectivity index (χ0n) is 10.1. The fourth-order valence-electron chi connectivity index (χ4n) is 1.92. The van der Waals surface area contributed by atoms with Crippen molar-refractivity contribution < 1.29 is 19.4 Å². The van der Waals surface area contributed by atoms with E-state index in [0.29, 0.717) is 0 Å². The minimum Gasteiger partial charge on any atom is -0.481 e. The molecule has 0 aliphatic carbocycles. The number of hydrogen-bond acceptors (Lipinski definition) is 5. The highest BCUT2D eigenvalue weighted by molar-refractivity contribution is 6.29. The maximum atomic E-state index is 12.1. The Morgan fingerprint density at radius 1 is 1.42 bits per heavy atom. The molecule has 1 amide bonds. The van der Waals surface area contributed by atoms with Gasteiger partial charge < -0.3 is 14.7 Å². The van der Waals surface area contributed by atoms with Crippen LogP contribution in [-0.2, 0) is 9.53 Å². The van der Waals surface area contributed by atoms with Gasteiger partial charge in [-0.3, -0.25) is 9.59 Å². The fraction of sp³-hybridized carbons (Fsp3) is 0.455. The molecule has 1 N–H and O–H groups in total. The van der Waals surface area contributed by atoms with Gasteiger partial charge in [0.1, 0.15) is 5.92 Å². The van der Waals surface area contributed by atoms with E-state index >= 15 is 0 Å². The summed E-state index contributed by atoms with van der Waals surface area (Å²) in [5.74, 6) is -2.12. The number of nitrogens with zero attached hydrogens (tertiary/aromatic N) is 3. The standard InChI is InChI=1S/C11H12ClN3O4/c1-15(8-5-19-4-6(8)11(17)18)10(16)7-2-3-9(12)14-13-7/h2-3,6,8H,4-5H2,1H3,(H,17,18). The number of aliphatic carboxylic acids is 1. The van der Waals surface area contributed by atoms with Crippen molar-refractivity contribution in [3.05, 3.63) is 23.0 Å². The third kappa shape index (κ3) is 2.82. The Bertz CT molecular complexity index is 493. The molecule has 1 aliphatic heterocycles. The van der Waals surface area contributed by atoms with Gasteiger partial charge in [0.15, 0.2) is 10.8 Å². The number of likely N-dealkylation sites (N-methyl/N-ethyl adjacent to an activating group) is 1. The maximum absolute atomic E-state index is 12.1. The van der Waals surface area contributed by atoms with E-state index in [9.17, 15) is 9.59 Å². The highest BCUT2D eigenvalue weighted by Crippen LogP contribution is 2.20. The monoisotopic (exact) mass is 285 g/mol. The second-order valence-corrected chi connectivity index (χ2v) is 4.59. The topological polar surface area (TPSA) is 92.6 Å². The lowest BCUT2D eigenvalue weighted by Crippen LogP contribution is -2.44. The highest BCUT2D eigenvalue weighted by atomic mass is 35.5. The first-order valence-electron chi connectivity index (χ1n) is 5.57. The Balaban J connectivity index is 2.14. The lowest BCUT2D eigenvalue weighted by Gasteiger charge is -2.25. The van der Waals surface area contributed by atoms with Gasteiger partial charge in [-0.15, -0.1) is 10.2 Å². The normalized spacial score (nSPS) is 22.2. The summed E-state index contributed by atoms with van der Waals surface area (Å²) in [4.78, 5) is 24.5. The number of rotatable bonds is 3. The molecule has 19 heavy (non-hydrogen) atoms. The van der Waals surface area contributed by atoms with E-state index in [4.69, 9.17) is 21.4 Å². The summed E-state index contributed by atoms with van der Waals surface area (Å²) in [6.45, 7) is 0.296. The summed E-state index contributed by atoms with van der Waals surface area (Å²) in [6, 6.07) is 2.39. The summed E-state index contributed by atoms with van der Waals surface area (Å²) in [7, 11) is 1.52. The molecule has 102 valence electrons. The minimum absolute atomic E-state index is 0.101. The summed E-state index contributed by atoms with van der Waals surface area (Å²) in [5, 5.41) is 16.5. The summed E-state index contributed by atoms with van der Waals surface area (Å²) >= 11 is 5.59. The van der Waals surface area contributed by atoms with E-state index < -0.39 is 23.8 Å². The first-order valence-corrected chi connectivity index (χ1v) is 5.95. The third-order valence-electron chi connectivity index (χ3n) is 3.04. The van der Waals surface area contributed by atoms with Crippen molar-refractivity contribution in [1.29, 1.82) is 0 Å². The predicted molar refractivity (Wildman–Crippen MR) is 64.9 cm³/mol. The molecular weight excluding hydrogens is 274 g/mol. The second-order valence-electron chi connectivity index (χ2n) is 4.21. The summed E-state index contributed by atoms with van der Waals surface area (Å²) in [5.41, 5.74) is 0.114. The van der Waals surface area contributed by atoms with Crippen molar-refractivity contribution in [3.63, 3.8) is 0 Å². The SMILES string of the molecule is CN(C(=O)c1ccc(Cl)nn1)C1COCC1C(=O)O. The van der Waals surface area contributed by atoms with Crippen LogP contribution in [0.25, 0.3) is 0 Å². The molecule has 1 aromatic rings. The number of carboxylic acids is 1. The smallest absolute Gasteiger partial charge is 0.311 e. The molecule has 8 heteroatoms. The Morgan fingerprint density at radius 2 is 2.16 bits per heavy atom. The lowest BCUT2D eigenvalue weighted by molar-refractivity contribution is -0.142. The van der Waals surface area contributed by atoms with Gasteiger partial charge in [-0.1, -0.05) is 11.6 Å². The molecule has 2 unspecified atom stereocenters. The number of aromatic nitrogens is 2. The molecule has 2 atom stereocenters. The van der Waals surface area contributed by atoms with E-state index in [-0.39, 0.29) is 24.1 Å². The molecule has 0 aromatic carbocycles. The largest absolute Gasteiger partial charge is 0.481 e. The summed E-state index contributed by atoms with van der Waals surface area (Å²) < 4.78 is 5.13. The van der Waals surface area contributed by atoms with Crippen LogP contribution in [0.3, 0.4) is 0 Å². The number of carbonyl (C=O) groups excluding carboxylic acids is 1. The van der Waals surface area contributed by atoms with Gasteiger partial charge in [0.05, 0.1) is 19.3 Å². The van der Waals surface area contributed by atoms with Gasteiger partial charge in [-0.2, -0.15) is 0 Å². The van der Waals surface area contributed by atoms with Crippen LogP contribution in [0.1, 0.15) is 10.5 Å². The van der Waals surface area contributed by atoms with Crippen LogP contribution >= 0.6 is 11.6 Å². The van der Waals surface area contributed by atoms with Crippen LogP contribution in [0, 0.1) is 5.92 Å². The number of hydrogen-bond donors (Lipinski definition) is 1. The van der Waals surface area contributed by atoms with Crippen molar-refractivity contribution in [2.75, 3.05) is 20.3 Å². The van der Waals surface area contributed by atoms with Crippen LogP contribution in [-0.4, -0.2) is 58.4 Å². The molecule has 1 aromatic heterocycles. The number of carboxylic acid groups (broad SMARTS) is 1. The number of amides is 1. The van der Waals surface area contributed by atoms with E-state index in [1.165, 1.54) is 24.1 Å². The zero-order chi connectivity index (χ0) is 14.0. The molecule has 2 rings (SSSR count). The predicted octanol–water partition coefficient (Wildman–Crippen LogP) is 0.302. The van der Waals surface area contributed by atoms with E-state index in [0.717, 1.165) is 0 Å². The Hall–Kier alpha value is -1.73. The Morgan fingerprint density at radius 3 is 2.74 bits per heavy atom. The van der Waals surface area contributed by atoms with Crippen molar-refractivity contribution >= 4 is 23.5 Å². The van der Waals surface area contributed by atoms with Gasteiger partial charge in [0.2, 0.25) is 0 Å². The molecule has 7 nitrogen and oxygen atoms in total. The molecule has 1 aliphatic rings. The molecule has 0 saturated carbocycles. The average Bonchev–Trinajstić information content (AvgIpc) is 2.87. The van der Waals surface area contributed by atoms with Crippen molar-refractivity contribution in [2.24, 2.45) is 5.92 Å². The van der Waals surface area contributed by atoms with E-state index in [2.05, 4.69) is 10.2 Å². The van der Waals surface area contributed by atoms with Gasteiger partial charge in [0, 0.05) is 7.05 Å². The molecule has 0 bridgehead atoms. The molecule has 1 saturated heterocycles. The zero-order valence-corrected chi connectivity index (χ0v) is 10.9. The van der Waals surface area contributed by atoms with E-state index in [1.807, 2.05) is 0 Å². The minimum atomic E-state index is -0.982. The van der Waals surface area contributed by atoms with Gasteiger partial charge >= 0.3 is 5.97 Å². The molecule has 0 radical (unpaired) electrons. The quantitative estimate of drug-likeness (QED) is 0.859. The fourth-order valence-corrected chi connectivity index (χ4v) is 2.02. The number of halogens is 1.